The minimum Gasteiger partial charge on any atom is -0.383 e. The van der Waals surface area contributed by atoms with E-state index in [4.69, 9.17) is 10.5 Å². The molecule has 0 aliphatic carbocycles. The van der Waals surface area contributed by atoms with Crippen molar-refractivity contribution in [2.24, 2.45) is 5.73 Å². The van der Waals surface area contributed by atoms with E-state index in [2.05, 4.69) is 25.7 Å². The molecule has 0 saturated heterocycles. The standard InChI is InChI=1S/C13H30N2O/c1-5-12(6-2)15(10-11-16-4)13(7-3)8-9-14/h12-13H,5-11,14H2,1-4H3. The van der Waals surface area contributed by atoms with Crippen molar-refractivity contribution in [3.8, 4) is 0 Å². The Morgan fingerprint density at radius 3 is 2.00 bits per heavy atom. The van der Waals surface area contributed by atoms with Gasteiger partial charge in [-0.25, -0.2) is 0 Å². The maximum atomic E-state index is 5.70. The molecular weight excluding hydrogens is 200 g/mol. The largest absolute Gasteiger partial charge is 0.383 e. The van der Waals surface area contributed by atoms with Crippen LogP contribution in [0.15, 0.2) is 0 Å². The highest BCUT2D eigenvalue weighted by molar-refractivity contribution is 4.77. The first-order valence-electron chi connectivity index (χ1n) is 6.69. The van der Waals surface area contributed by atoms with E-state index < -0.39 is 0 Å². The number of ether oxygens (including phenoxy) is 1. The van der Waals surface area contributed by atoms with E-state index in [-0.39, 0.29) is 0 Å². The summed E-state index contributed by atoms with van der Waals surface area (Å²) in [5.74, 6) is 0. The molecule has 3 heteroatoms. The SMILES string of the molecule is CCC(CC)N(CCOC)C(CC)CCN. The van der Waals surface area contributed by atoms with Gasteiger partial charge in [0.2, 0.25) is 0 Å². The first-order chi connectivity index (χ1) is 7.74. The van der Waals surface area contributed by atoms with E-state index in [1.165, 1.54) is 19.3 Å². The van der Waals surface area contributed by atoms with Crippen LogP contribution in [-0.2, 0) is 4.74 Å². The van der Waals surface area contributed by atoms with Crippen LogP contribution in [0.5, 0.6) is 0 Å². The van der Waals surface area contributed by atoms with Crippen molar-refractivity contribution in [2.45, 2.75) is 58.5 Å². The molecular formula is C13H30N2O. The van der Waals surface area contributed by atoms with E-state index in [9.17, 15) is 0 Å². The highest BCUT2D eigenvalue weighted by atomic mass is 16.5. The summed E-state index contributed by atoms with van der Waals surface area (Å²) in [4.78, 5) is 2.59. The quantitative estimate of drug-likeness (QED) is 0.625. The lowest BCUT2D eigenvalue weighted by molar-refractivity contribution is 0.0747. The smallest absolute Gasteiger partial charge is 0.0589 e. The summed E-state index contributed by atoms with van der Waals surface area (Å²) in [5, 5.41) is 0. The molecule has 0 aliphatic rings. The van der Waals surface area contributed by atoms with Gasteiger partial charge in [-0.2, -0.15) is 0 Å². The van der Waals surface area contributed by atoms with Gasteiger partial charge in [0.15, 0.2) is 0 Å². The molecule has 1 unspecified atom stereocenters. The average Bonchev–Trinajstić information content (AvgIpc) is 2.32. The van der Waals surface area contributed by atoms with Gasteiger partial charge in [-0.3, -0.25) is 4.90 Å². The van der Waals surface area contributed by atoms with Crippen LogP contribution in [-0.4, -0.2) is 43.8 Å². The second-order valence-corrected chi connectivity index (χ2v) is 4.34. The van der Waals surface area contributed by atoms with E-state index in [0.717, 1.165) is 26.1 Å². The molecule has 0 amide bonds. The fraction of sp³-hybridized carbons (Fsp3) is 1.00. The van der Waals surface area contributed by atoms with Crippen molar-refractivity contribution in [2.75, 3.05) is 26.8 Å². The summed E-state index contributed by atoms with van der Waals surface area (Å²) >= 11 is 0. The van der Waals surface area contributed by atoms with Gasteiger partial charge in [-0.15, -0.1) is 0 Å². The lowest BCUT2D eigenvalue weighted by atomic mass is 10.0. The third kappa shape index (κ3) is 5.28. The van der Waals surface area contributed by atoms with Crippen molar-refractivity contribution in [1.29, 1.82) is 0 Å². The summed E-state index contributed by atoms with van der Waals surface area (Å²) in [5.41, 5.74) is 5.70. The van der Waals surface area contributed by atoms with Gasteiger partial charge in [0.05, 0.1) is 6.61 Å². The third-order valence-electron chi connectivity index (χ3n) is 3.41. The predicted molar refractivity (Wildman–Crippen MR) is 70.7 cm³/mol. The van der Waals surface area contributed by atoms with E-state index in [1.807, 2.05) is 0 Å². The predicted octanol–water partition coefficient (Wildman–Crippen LogP) is 2.25. The molecule has 0 saturated carbocycles. The number of nitrogens with two attached hydrogens (primary N) is 1. The van der Waals surface area contributed by atoms with Crippen molar-refractivity contribution in [1.82, 2.24) is 4.90 Å². The fourth-order valence-corrected chi connectivity index (χ4v) is 2.41. The number of rotatable bonds is 10. The van der Waals surface area contributed by atoms with Crippen LogP contribution in [0, 0.1) is 0 Å². The lowest BCUT2D eigenvalue weighted by Gasteiger charge is -2.37. The van der Waals surface area contributed by atoms with Crippen LogP contribution in [0.2, 0.25) is 0 Å². The Balaban J connectivity index is 4.46. The summed E-state index contributed by atoms with van der Waals surface area (Å²) in [6.07, 6.45) is 4.69. The Morgan fingerprint density at radius 2 is 1.62 bits per heavy atom. The third-order valence-corrected chi connectivity index (χ3v) is 3.41. The van der Waals surface area contributed by atoms with Gasteiger partial charge in [-0.1, -0.05) is 20.8 Å². The van der Waals surface area contributed by atoms with Crippen LogP contribution in [0.4, 0.5) is 0 Å². The number of hydrogen-bond donors (Lipinski definition) is 1. The monoisotopic (exact) mass is 230 g/mol. The second-order valence-electron chi connectivity index (χ2n) is 4.34. The molecule has 0 aromatic rings. The fourth-order valence-electron chi connectivity index (χ4n) is 2.41. The van der Waals surface area contributed by atoms with Gasteiger partial charge in [0, 0.05) is 25.7 Å². The molecule has 0 aromatic carbocycles. The Bertz CT molecular complexity index is 149. The van der Waals surface area contributed by atoms with Gasteiger partial charge < -0.3 is 10.5 Å². The van der Waals surface area contributed by atoms with Gasteiger partial charge in [-0.05, 0) is 32.2 Å². The van der Waals surface area contributed by atoms with Crippen molar-refractivity contribution >= 4 is 0 Å². The molecule has 2 N–H and O–H groups in total. The molecule has 16 heavy (non-hydrogen) atoms. The van der Waals surface area contributed by atoms with Crippen molar-refractivity contribution in [3.63, 3.8) is 0 Å². The van der Waals surface area contributed by atoms with Crippen LogP contribution in [0.1, 0.15) is 46.5 Å². The Kier molecular flexibility index (Phi) is 9.99. The van der Waals surface area contributed by atoms with Gasteiger partial charge in [0.1, 0.15) is 0 Å². The molecule has 0 heterocycles. The van der Waals surface area contributed by atoms with Crippen LogP contribution < -0.4 is 5.73 Å². The van der Waals surface area contributed by atoms with Crippen molar-refractivity contribution in [3.05, 3.63) is 0 Å². The summed E-state index contributed by atoms with van der Waals surface area (Å²) < 4.78 is 5.21. The van der Waals surface area contributed by atoms with Crippen LogP contribution in [0.3, 0.4) is 0 Å². The summed E-state index contributed by atoms with van der Waals surface area (Å²) in [7, 11) is 1.77. The maximum Gasteiger partial charge on any atom is 0.0589 e. The Morgan fingerprint density at radius 1 is 1.06 bits per heavy atom. The van der Waals surface area contributed by atoms with Gasteiger partial charge in [0.25, 0.3) is 0 Å². The molecule has 0 aromatic heterocycles. The average molecular weight is 230 g/mol. The topological polar surface area (TPSA) is 38.5 Å². The molecule has 0 aliphatic heterocycles. The molecule has 0 fully saturated rings. The Labute approximate surface area is 101 Å². The molecule has 0 radical (unpaired) electrons. The molecule has 3 nitrogen and oxygen atoms in total. The van der Waals surface area contributed by atoms with E-state index in [0.29, 0.717) is 12.1 Å². The molecule has 98 valence electrons. The zero-order chi connectivity index (χ0) is 12.4. The van der Waals surface area contributed by atoms with Gasteiger partial charge >= 0.3 is 0 Å². The molecule has 0 rings (SSSR count). The lowest BCUT2D eigenvalue weighted by Crippen LogP contribution is -2.45. The molecule has 1 atom stereocenters. The Hall–Kier alpha value is -0.120. The molecule has 0 bridgehead atoms. The van der Waals surface area contributed by atoms with Crippen molar-refractivity contribution < 1.29 is 4.74 Å². The number of methoxy groups -OCH3 is 1. The number of nitrogens with zero attached hydrogens (tertiary/aromatic N) is 1. The maximum absolute atomic E-state index is 5.70. The van der Waals surface area contributed by atoms with E-state index >= 15 is 0 Å². The molecule has 0 spiro atoms. The van der Waals surface area contributed by atoms with Crippen LogP contribution >= 0.6 is 0 Å². The van der Waals surface area contributed by atoms with E-state index in [1.54, 1.807) is 7.11 Å². The first-order valence-corrected chi connectivity index (χ1v) is 6.69. The summed E-state index contributed by atoms with van der Waals surface area (Å²) in [6, 6.07) is 1.29. The highest BCUT2D eigenvalue weighted by Crippen LogP contribution is 2.16. The van der Waals surface area contributed by atoms with Crippen LogP contribution in [0.25, 0.3) is 0 Å². The zero-order valence-corrected chi connectivity index (χ0v) is 11.5. The highest BCUT2D eigenvalue weighted by Gasteiger charge is 2.21. The summed E-state index contributed by atoms with van der Waals surface area (Å²) in [6.45, 7) is 9.41. The second kappa shape index (κ2) is 10.1. The minimum atomic E-state index is 0.616. The zero-order valence-electron chi connectivity index (χ0n) is 11.5. The number of hydrogen-bond acceptors (Lipinski definition) is 3. The normalized spacial score (nSPS) is 13.7. The minimum absolute atomic E-state index is 0.616. The first kappa shape index (κ1) is 15.9.